The van der Waals surface area contributed by atoms with Gasteiger partial charge in [0.1, 0.15) is 5.82 Å². The van der Waals surface area contributed by atoms with E-state index in [0.717, 1.165) is 17.1 Å². The van der Waals surface area contributed by atoms with Crippen LogP contribution >= 0.6 is 11.6 Å². The maximum Gasteiger partial charge on any atom is 0.142 e. The van der Waals surface area contributed by atoms with Gasteiger partial charge in [-0.15, -0.1) is 0 Å². The van der Waals surface area contributed by atoms with Crippen LogP contribution in [0.1, 0.15) is 5.56 Å². The fraction of sp³-hybridized carbons (Fsp3) is 0.0714. The van der Waals surface area contributed by atoms with Crippen molar-refractivity contribution in [3.8, 4) is 11.3 Å². The summed E-state index contributed by atoms with van der Waals surface area (Å²) in [6, 6.07) is 3.20. The highest BCUT2D eigenvalue weighted by Gasteiger charge is 2.12. The van der Waals surface area contributed by atoms with Crippen LogP contribution in [0.3, 0.4) is 0 Å². The molecule has 0 aliphatic rings. The van der Waals surface area contributed by atoms with Crippen molar-refractivity contribution in [2.45, 2.75) is 6.92 Å². The quantitative estimate of drug-likeness (QED) is 0.677. The summed E-state index contributed by atoms with van der Waals surface area (Å²) in [4.78, 5) is 12.4. The van der Waals surface area contributed by atoms with Gasteiger partial charge >= 0.3 is 0 Å². The zero-order valence-corrected chi connectivity index (χ0v) is 10.8. The highest BCUT2D eigenvalue weighted by Crippen LogP contribution is 2.32. The number of halogens is 2. The van der Waals surface area contributed by atoms with Gasteiger partial charge in [-0.05, 0) is 24.6 Å². The molecule has 94 valence electrons. The zero-order chi connectivity index (χ0) is 13.4. The van der Waals surface area contributed by atoms with Gasteiger partial charge in [0.2, 0.25) is 0 Å². The van der Waals surface area contributed by atoms with Gasteiger partial charge in [0.05, 0.1) is 28.6 Å². The van der Waals surface area contributed by atoms with Crippen molar-refractivity contribution < 1.29 is 4.39 Å². The van der Waals surface area contributed by atoms with E-state index in [1.54, 1.807) is 18.6 Å². The molecule has 0 saturated carbocycles. The smallest absolute Gasteiger partial charge is 0.142 e. The Kier molecular flexibility index (Phi) is 2.87. The van der Waals surface area contributed by atoms with Gasteiger partial charge in [-0.2, -0.15) is 0 Å². The van der Waals surface area contributed by atoms with E-state index in [-0.39, 0.29) is 0 Å². The van der Waals surface area contributed by atoms with Crippen molar-refractivity contribution in [1.29, 1.82) is 0 Å². The standard InChI is InChI=1S/C14H9ClFN3/c1-8-13(15)11-2-3-17-7-12(11)19-14(8)9-4-10(16)6-18-5-9/h2-7H,1H3. The number of hydrogen-bond acceptors (Lipinski definition) is 3. The van der Waals surface area contributed by atoms with Crippen LogP contribution in [0.15, 0.2) is 36.9 Å². The number of hydrogen-bond donors (Lipinski definition) is 0. The second kappa shape index (κ2) is 4.55. The van der Waals surface area contributed by atoms with Crippen LogP contribution in [-0.2, 0) is 0 Å². The van der Waals surface area contributed by atoms with Crippen molar-refractivity contribution in [2.24, 2.45) is 0 Å². The van der Waals surface area contributed by atoms with E-state index in [1.807, 2.05) is 13.0 Å². The molecular weight excluding hydrogens is 265 g/mol. The molecule has 3 rings (SSSR count). The summed E-state index contributed by atoms with van der Waals surface area (Å²) in [6.45, 7) is 1.86. The monoisotopic (exact) mass is 273 g/mol. The maximum atomic E-state index is 13.3. The lowest BCUT2D eigenvalue weighted by atomic mass is 10.1. The van der Waals surface area contributed by atoms with E-state index in [0.29, 0.717) is 21.8 Å². The second-order valence-electron chi connectivity index (χ2n) is 4.18. The van der Waals surface area contributed by atoms with Crippen LogP contribution < -0.4 is 0 Å². The lowest BCUT2D eigenvalue weighted by molar-refractivity contribution is 0.622. The molecule has 5 heteroatoms. The van der Waals surface area contributed by atoms with Gasteiger partial charge in [0.15, 0.2) is 0 Å². The molecule has 3 heterocycles. The average Bonchev–Trinajstić information content (AvgIpc) is 2.43. The summed E-state index contributed by atoms with van der Waals surface area (Å²) in [7, 11) is 0. The fourth-order valence-corrected chi connectivity index (χ4v) is 2.24. The molecule has 0 aliphatic carbocycles. The molecule has 0 unspecified atom stereocenters. The predicted octanol–water partition coefficient (Wildman–Crippen LogP) is 3.79. The van der Waals surface area contributed by atoms with E-state index < -0.39 is 5.82 Å². The molecule has 19 heavy (non-hydrogen) atoms. The molecule has 3 nitrogen and oxygen atoms in total. The third kappa shape index (κ3) is 2.04. The summed E-state index contributed by atoms with van der Waals surface area (Å²) in [5, 5.41) is 1.44. The minimum Gasteiger partial charge on any atom is -0.262 e. The van der Waals surface area contributed by atoms with Gasteiger partial charge < -0.3 is 0 Å². The predicted molar refractivity (Wildman–Crippen MR) is 72.5 cm³/mol. The molecule has 0 aromatic carbocycles. The summed E-state index contributed by atoms with van der Waals surface area (Å²) < 4.78 is 13.3. The fourth-order valence-electron chi connectivity index (χ4n) is 1.99. The zero-order valence-electron chi connectivity index (χ0n) is 10.1. The minimum atomic E-state index is -0.402. The first kappa shape index (κ1) is 12.0. The normalized spacial score (nSPS) is 10.9. The lowest BCUT2D eigenvalue weighted by Crippen LogP contribution is -1.94. The van der Waals surface area contributed by atoms with E-state index in [2.05, 4.69) is 15.0 Å². The van der Waals surface area contributed by atoms with Crippen molar-refractivity contribution in [1.82, 2.24) is 15.0 Å². The van der Waals surface area contributed by atoms with Crippen LogP contribution in [0.4, 0.5) is 4.39 Å². The van der Waals surface area contributed by atoms with Crippen molar-refractivity contribution in [2.75, 3.05) is 0 Å². The maximum absolute atomic E-state index is 13.3. The molecular formula is C14H9ClFN3. The third-order valence-corrected chi connectivity index (χ3v) is 3.42. The molecule has 3 aromatic heterocycles. The molecule has 0 aliphatic heterocycles. The van der Waals surface area contributed by atoms with Crippen LogP contribution in [0.5, 0.6) is 0 Å². The second-order valence-corrected chi connectivity index (χ2v) is 4.56. The SMILES string of the molecule is Cc1c(-c2cncc(F)c2)nc2cnccc2c1Cl. The van der Waals surface area contributed by atoms with Crippen LogP contribution in [-0.4, -0.2) is 15.0 Å². The van der Waals surface area contributed by atoms with Gasteiger partial charge in [0.25, 0.3) is 0 Å². The summed E-state index contributed by atoms with van der Waals surface area (Å²) in [5.41, 5.74) is 2.70. The first-order valence-electron chi connectivity index (χ1n) is 5.67. The third-order valence-electron chi connectivity index (χ3n) is 2.93. The topological polar surface area (TPSA) is 38.7 Å². The van der Waals surface area contributed by atoms with Gasteiger partial charge in [-0.25, -0.2) is 9.37 Å². The van der Waals surface area contributed by atoms with E-state index >= 15 is 0 Å². The van der Waals surface area contributed by atoms with Crippen molar-refractivity contribution in [3.63, 3.8) is 0 Å². The van der Waals surface area contributed by atoms with E-state index in [1.165, 1.54) is 6.07 Å². The summed E-state index contributed by atoms with van der Waals surface area (Å²) >= 11 is 6.34. The lowest BCUT2D eigenvalue weighted by Gasteiger charge is -2.09. The van der Waals surface area contributed by atoms with E-state index in [9.17, 15) is 4.39 Å². The number of fused-ring (bicyclic) bond motifs is 1. The number of rotatable bonds is 1. The average molecular weight is 274 g/mol. The highest BCUT2D eigenvalue weighted by atomic mass is 35.5. The van der Waals surface area contributed by atoms with Crippen LogP contribution in [0.25, 0.3) is 22.2 Å². The number of aromatic nitrogens is 3. The highest BCUT2D eigenvalue weighted by molar-refractivity contribution is 6.36. The van der Waals surface area contributed by atoms with E-state index in [4.69, 9.17) is 11.6 Å². The first-order valence-corrected chi connectivity index (χ1v) is 6.05. The Labute approximate surface area is 114 Å². The number of nitrogens with zero attached hydrogens (tertiary/aromatic N) is 3. The Morgan fingerprint density at radius 1 is 1.16 bits per heavy atom. The van der Waals surface area contributed by atoms with Gasteiger partial charge in [-0.1, -0.05) is 11.6 Å². The van der Waals surface area contributed by atoms with Crippen molar-refractivity contribution >= 4 is 22.5 Å². The molecule has 0 atom stereocenters. The van der Waals surface area contributed by atoms with Crippen LogP contribution in [0.2, 0.25) is 5.02 Å². The van der Waals surface area contributed by atoms with Crippen molar-refractivity contribution in [3.05, 3.63) is 53.3 Å². The molecule has 0 amide bonds. The Balaban J connectivity index is 2.33. The largest absolute Gasteiger partial charge is 0.262 e. The Morgan fingerprint density at radius 2 is 2.00 bits per heavy atom. The minimum absolute atomic E-state index is 0.402. The van der Waals surface area contributed by atoms with Gasteiger partial charge in [0, 0.05) is 23.3 Å². The Morgan fingerprint density at radius 3 is 2.79 bits per heavy atom. The molecule has 0 radical (unpaired) electrons. The molecule has 3 aromatic rings. The molecule has 0 bridgehead atoms. The first-order chi connectivity index (χ1) is 9.16. The molecule has 0 fully saturated rings. The molecule has 0 saturated heterocycles. The molecule has 0 spiro atoms. The number of pyridine rings is 3. The Bertz CT molecular complexity index is 774. The molecule has 0 N–H and O–H groups in total. The summed E-state index contributed by atoms with van der Waals surface area (Å²) in [6.07, 6.45) is 6.02. The van der Waals surface area contributed by atoms with Crippen LogP contribution in [0, 0.1) is 12.7 Å². The summed E-state index contributed by atoms with van der Waals surface area (Å²) in [5.74, 6) is -0.402. The van der Waals surface area contributed by atoms with Gasteiger partial charge in [-0.3, -0.25) is 9.97 Å². The Hall–Kier alpha value is -2.07.